The van der Waals surface area contributed by atoms with E-state index < -0.39 is 0 Å². The molecule has 2 N–H and O–H groups in total. The largest absolute Gasteiger partial charge is 0.353 e. The lowest BCUT2D eigenvalue weighted by Gasteiger charge is -2.25. The highest BCUT2D eigenvalue weighted by Crippen LogP contribution is 2.44. The van der Waals surface area contributed by atoms with Crippen LogP contribution in [-0.2, 0) is 17.9 Å². The first-order valence-electron chi connectivity index (χ1n) is 10.9. The lowest BCUT2D eigenvalue weighted by Crippen LogP contribution is -2.48. The quantitative estimate of drug-likeness (QED) is 0.544. The van der Waals surface area contributed by atoms with Gasteiger partial charge >= 0.3 is 0 Å². The van der Waals surface area contributed by atoms with Gasteiger partial charge in [-0.1, -0.05) is 30.7 Å². The van der Waals surface area contributed by atoms with Crippen LogP contribution in [-0.4, -0.2) is 53.2 Å². The third-order valence-corrected chi connectivity index (χ3v) is 6.38. The molecule has 2 aliphatic carbocycles. The zero-order valence-electron chi connectivity index (χ0n) is 17.9. The van der Waals surface area contributed by atoms with Gasteiger partial charge in [0.05, 0.1) is 19.6 Å². The van der Waals surface area contributed by atoms with E-state index >= 15 is 0 Å². The van der Waals surface area contributed by atoms with Crippen LogP contribution in [0.15, 0.2) is 47.7 Å². The minimum Gasteiger partial charge on any atom is -0.353 e. The predicted octanol–water partition coefficient (Wildman–Crippen LogP) is 2.24. The first kappa shape index (κ1) is 20.4. The Morgan fingerprint density at radius 3 is 2.70 bits per heavy atom. The van der Waals surface area contributed by atoms with Crippen molar-refractivity contribution in [1.82, 2.24) is 25.3 Å². The van der Waals surface area contributed by atoms with Crippen LogP contribution >= 0.6 is 0 Å². The molecule has 2 aromatic rings. The second kappa shape index (κ2) is 9.32. The number of aliphatic imine (C=N–C) groups is 1. The van der Waals surface area contributed by atoms with E-state index in [0.717, 1.165) is 24.3 Å². The Hall–Kier alpha value is -2.83. The summed E-state index contributed by atoms with van der Waals surface area (Å²) in [5, 5.41) is 11.2. The molecule has 3 atom stereocenters. The van der Waals surface area contributed by atoms with Gasteiger partial charge in [0, 0.05) is 32.5 Å². The second-order valence-corrected chi connectivity index (χ2v) is 8.70. The highest BCUT2D eigenvalue weighted by Gasteiger charge is 2.39. The molecule has 1 aromatic heterocycles. The van der Waals surface area contributed by atoms with Crippen LogP contribution < -0.4 is 10.6 Å². The molecule has 0 spiro atoms. The Balaban J connectivity index is 1.46. The fourth-order valence-electron chi connectivity index (χ4n) is 4.67. The molecule has 7 nitrogen and oxygen atoms in total. The Labute approximate surface area is 178 Å². The van der Waals surface area contributed by atoms with Gasteiger partial charge in [-0.05, 0) is 48.3 Å². The van der Waals surface area contributed by atoms with Gasteiger partial charge in [0.2, 0.25) is 5.91 Å². The highest BCUT2D eigenvalue weighted by atomic mass is 16.2. The van der Waals surface area contributed by atoms with E-state index in [1.807, 2.05) is 23.0 Å². The summed E-state index contributed by atoms with van der Waals surface area (Å²) in [7, 11) is 3.55. The fraction of sp³-hybridized carbons (Fsp3) is 0.522. The maximum absolute atomic E-state index is 12.1. The summed E-state index contributed by atoms with van der Waals surface area (Å²) >= 11 is 0. The number of guanidine groups is 1. The van der Waals surface area contributed by atoms with Crippen LogP contribution in [0, 0.1) is 11.8 Å². The molecule has 0 aliphatic heterocycles. The predicted molar refractivity (Wildman–Crippen MR) is 118 cm³/mol. The normalized spacial score (nSPS) is 22.9. The third kappa shape index (κ3) is 5.01. The van der Waals surface area contributed by atoms with E-state index in [2.05, 4.69) is 33.9 Å². The average molecular weight is 409 g/mol. The summed E-state index contributed by atoms with van der Waals surface area (Å²) in [5.74, 6) is 2.36. The smallest absolute Gasteiger partial charge is 0.241 e. The van der Waals surface area contributed by atoms with Crippen LogP contribution in [0.1, 0.15) is 36.8 Å². The Kier molecular flexibility index (Phi) is 6.35. The molecule has 0 radical (unpaired) electrons. The zero-order valence-corrected chi connectivity index (χ0v) is 17.9. The standard InChI is InChI=1S/C23H32N6O/c1-28(2)22(30)15-25-23(27-21-13-17-8-9-18(21)12-17)24-14-19-6-3-4-7-20(19)16-29-11-5-10-26-29/h3-7,10-11,17-18,21H,8-9,12-16H2,1-2H3,(H2,24,25,27). The molecule has 4 rings (SSSR count). The van der Waals surface area contributed by atoms with Gasteiger partial charge in [-0.2, -0.15) is 5.10 Å². The summed E-state index contributed by atoms with van der Waals surface area (Å²) < 4.78 is 1.92. The molecule has 1 heterocycles. The number of nitrogens with zero attached hydrogens (tertiary/aromatic N) is 4. The molecule has 0 saturated heterocycles. The summed E-state index contributed by atoms with van der Waals surface area (Å²) in [5.41, 5.74) is 2.37. The van der Waals surface area contributed by atoms with E-state index in [4.69, 9.17) is 4.99 Å². The number of nitrogens with one attached hydrogen (secondary N) is 2. The minimum absolute atomic E-state index is 0.0384. The molecule has 2 bridgehead atoms. The van der Waals surface area contributed by atoms with Crippen LogP contribution in [0.25, 0.3) is 0 Å². The molecule has 3 unspecified atom stereocenters. The Morgan fingerprint density at radius 2 is 2.03 bits per heavy atom. The Morgan fingerprint density at radius 1 is 1.20 bits per heavy atom. The lowest BCUT2D eigenvalue weighted by atomic mass is 9.95. The number of rotatable bonds is 7. The summed E-state index contributed by atoms with van der Waals surface area (Å²) in [4.78, 5) is 18.5. The van der Waals surface area contributed by atoms with Gasteiger partial charge in [0.1, 0.15) is 0 Å². The van der Waals surface area contributed by atoms with Crippen LogP contribution in [0.3, 0.4) is 0 Å². The second-order valence-electron chi connectivity index (χ2n) is 8.70. The number of aromatic nitrogens is 2. The fourth-order valence-corrected chi connectivity index (χ4v) is 4.67. The van der Waals surface area contributed by atoms with Crippen LogP contribution in [0.2, 0.25) is 0 Å². The lowest BCUT2D eigenvalue weighted by molar-refractivity contribution is -0.127. The zero-order chi connectivity index (χ0) is 20.9. The molecule has 7 heteroatoms. The molecular weight excluding hydrogens is 376 g/mol. The number of fused-ring (bicyclic) bond motifs is 2. The summed E-state index contributed by atoms with van der Waals surface area (Å²) in [6, 6.07) is 10.7. The molecule has 1 amide bonds. The van der Waals surface area contributed by atoms with Crippen molar-refractivity contribution in [2.45, 2.75) is 44.8 Å². The van der Waals surface area contributed by atoms with Gasteiger partial charge in [-0.25, -0.2) is 4.99 Å². The third-order valence-electron chi connectivity index (χ3n) is 6.38. The van der Waals surface area contributed by atoms with Crippen molar-refractivity contribution < 1.29 is 4.79 Å². The first-order chi connectivity index (χ1) is 14.6. The van der Waals surface area contributed by atoms with Crippen molar-refractivity contribution in [1.29, 1.82) is 0 Å². The molecule has 2 aliphatic rings. The van der Waals surface area contributed by atoms with Crippen LogP contribution in [0.5, 0.6) is 0 Å². The monoisotopic (exact) mass is 408 g/mol. The van der Waals surface area contributed by atoms with E-state index in [-0.39, 0.29) is 12.5 Å². The molecule has 160 valence electrons. The van der Waals surface area contributed by atoms with Crippen molar-refractivity contribution in [2.24, 2.45) is 16.8 Å². The van der Waals surface area contributed by atoms with Gasteiger partial charge in [0.25, 0.3) is 0 Å². The first-order valence-corrected chi connectivity index (χ1v) is 10.9. The van der Waals surface area contributed by atoms with Gasteiger partial charge < -0.3 is 15.5 Å². The van der Waals surface area contributed by atoms with Gasteiger partial charge in [-0.3, -0.25) is 9.48 Å². The van der Waals surface area contributed by atoms with Gasteiger partial charge in [0.15, 0.2) is 5.96 Å². The maximum Gasteiger partial charge on any atom is 0.241 e. The number of carbonyl (C=O) groups is 1. The highest BCUT2D eigenvalue weighted by molar-refractivity contribution is 5.86. The number of carbonyl (C=O) groups excluding carboxylic acids is 1. The molecule has 30 heavy (non-hydrogen) atoms. The minimum atomic E-state index is 0.0384. The van der Waals surface area contributed by atoms with Crippen molar-refractivity contribution in [3.05, 3.63) is 53.9 Å². The molecular formula is C23H32N6O. The average Bonchev–Trinajstić information content (AvgIpc) is 3.49. The van der Waals surface area contributed by atoms with Crippen molar-refractivity contribution in [3.63, 3.8) is 0 Å². The number of benzene rings is 1. The SMILES string of the molecule is CN(C)C(=O)CNC(=NCc1ccccc1Cn1cccn1)NC1CC2CCC1C2. The number of hydrogen-bond donors (Lipinski definition) is 2. The molecule has 1 aromatic carbocycles. The van der Waals surface area contributed by atoms with E-state index in [9.17, 15) is 4.79 Å². The van der Waals surface area contributed by atoms with Crippen molar-refractivity contribution >= 4 is 11.9 Å². The summed E-state index contributed by atoms with van der Waals surface area (Å²) in [6.45, 7) is 1.53. The van der Waals surface area contributed by atoms with E-state index in [0.29, 0.717) is 12.6 Å². The summed E-state index contributed by atoms with van der Waals surface area (Å²) in [6.07, 6.45) is 8.97. The molecule has 2 fully saturated rings. The number of likely N-dealkylation sites (N-methyl/N-ethyl adjacent to an activating group) is 1. The Bertz CT molecular complexity index is 876. The maximum atomic E-state index is 12.1. The van der Waals surface area contributed by atoms with Crippen LogP contribution in [0.4, 0.5) is 0 Å². The van der Waals surface area contributed by atoms with E-state index in [1.54, 1.807) is 25.2 Å². The van der Waals surface area contributed by atoms with Crippen molar-refractivity contribution in [3.8, 4) is 0 Å². The molecule has 2 saturated carbocycles. The number of hydrogen-bond acceptors (Lipinski definition) is 3. The van der Waals surface area contributed by atoms with Gasteiger partial charge in [-0.15, -0.1) is 0 Å². The van der Waals surface area contributed by atoms with E-state index in [1.165, 1.54) is 36.8 Å². The number of amides is 1. The topological polar surface area (TPSA) is 74.5 Å². The van der Waals surface area contributed by atoms with Crippen molar-refractivity contribution in [2.75, 3.05) is 20.6 Å².